The molecule has 0 saturated heterocycles. The van der Waals surface area contributed by atoms with Crippen LogP contribution in [0.1, 0.15) is 102 Å². The summed E-state index contributed by atoms with van der Waals surface area (Å²) in [5.41, 5.74) is 2.18. The van der Waals surface area contributed by atoms with Gasteiger partial charge < -0.3 is 9.47 Å². The second-order valence-electron chi connectivity index (χ2n) is 10.5. The van der Waals surface area contributed by atoms with Crippen LogP contribution in [0.5, 0.6) is 11.6 Å². The topological polar surface area (TPSA) is 31.4 Å². The fourth-order valence-corrected chi connectivity index (χ4v) is 6.04. The number of rotatable bonds is 9. The molecule has 0 radical (unpaired) electrons. The van der Waals surface area contributed by atoms with E-state index >= 15 is 0 Å². The average Bonchev–Trinajstić information content (AvgIpc) is 3.33. The summed E-state index contributed by atoms with van der Waals surface area (Å²) in [6.07, 6.45) is 20.3. The molecule has 4 rings (SSSR count). The molecule has 32 heavy (non-hydrogen) atoms. The van der Waals surface area contributed by atoms with Gasteiger partial charge in [-0.15, -0.1) is 0 Å². The van der Waals surface area contributed by atoms with Crippen molar-refractivity contribution in [1.29, 1.82) is 0 Å². The summed E-state index contributed by atoms with van der Waals surface area (Å²) < 4.78 is 26.2. The first-order chi connectivity index (χ1) is 15.6. The molecule has 0 amide bonds. The van der Waals surface area contributed by atoms with Gasteiger partial charge in [-0.3, -0.25) is 0 Å². The average molecular weight is 444 g/mol. The Morgan fingerprint density at radius 1 is 1.03 bits per heavy atom. The van der Waals surface area contributed by atoms with Crippen molar-refractivity contribution in [3.8, 4) is 11.6 Å². The van der Waals surface area contributed by atoms with Gasteiger partial charge in [-0.2, -0.15) is 9.37 Å². The highest BCUT2D eigenvalue weighted by Crippen LogP contribution is 2.41. The fraction of sp³-hybridized carbons (Fsp3) is 0.750. The predicted molar refractivity (Wildman–Crippen MR) is 128 cm³/mol. The van der Waals surface area contributed by atoms with E-state index in [9.17, 15) is 4.39 Å². The third-order valence-electron chi connectivity index (χ3n) is 8.15. The van der Waals surface area contributed by atoms with Crippen LogP contribution in [-0.4, -0.2) is 17.7 Å². The predicted octanol–water partition coefficient (Wildman–Crippen LogP) is 7.95. The van der Waals surface area contributed by atoms with Crippen LogP contribution in [0.2, 0.25) is 0 Å². The van der Waals surface area contributed by atoms with Crippen molar-refractivity contribution in [2.45, 2.75) is 110 Å². The maximum absolute atomic E-state index is 14.5. The van der Waals surface area contributed by atoms with E-state index in [1.54, 1.807) is 6.07 Å². The molecular weight excluding hydrogens is 401 g/mol. The lowest BCUT2D eigenvalue weighted by atomic mass is 9.71. The van der Waals surface area contributed by atoms with Crippen molar-refractivity contribution in [3.05, 3.63) is 29.2 Å². The lowest BCUT2D eigenvalue weighted by molar-refractivity contribution is 0.183. The molecule has 1 atom stereocenters. The van der Waals surface area contributed by atoms with Gasteiger partial charge in [-0.05, 0) is 94.1 Å². The molecule has 0 bridgehead atoms. The van der Waals surface area contributed by atoms with Gasteiger partial charge in [-0.25, -0.2) is 0 Å². The Morgan fingerprint density at radius 2 is 1.81 bits per heavy atom. The van der Waals surface area contributed by atoms with Crippen molar-refractivity contribution in [2.75, 3.05) is 6.61 Å². The highest BCUT2D eigenvalue weighted by molar-refractivity contribution is 5.33. The molecule has 0 N–H and O–H groups in total. The first-order valence-electron chi connectivity index (χ1n) is 13.3. The van der Waals surface area contributed by atoms with E-state index in [4.69, 9.17) is 9.47 Å². The Hall–Kier alpha value is -1.58. The van der Waals surface area contributed by atoms with Gasteiger partial charge in [0, 0.05) is 5.56 Å². The van der Waals surface area contributed by atoms with Gasteiger partial charge in [0.2, 0.25) is 5.88 Å². The van der Waals surface area contributed by atoms with Crippen molar-refractivity contribution >= 4 is 0 Å². The molecule has 1 heterocycles. The highest BCUT2D eigenvalue weighted by atomic mass is 19.1. The third-order valence-corrected chi connectivity index (χ3v) is 8.15. The third kappa shape index (κ3) is 6.26. The summed E-state index contributed by atoms with van der Waals surface area (Å²) in [4.78, 5) is 4.07. The normalized spacial score (nSPS) is 26.7. The van der Waals surface area contributed by atoms with E-state index in [0.29, 0.717) is 12.5 Å². The minimum atomic E-state index is -0.551. The quantitative estimate of drug-likeness (QED) is 0.287. The van der Waals surface area contributed by atoms with Gasteiger partial charge in [0.15, 0.2) is 5.75 Å². The number of hydrogen-bond donors (Lipinski definition) is 0. The minimum absolute atomic E-state index is 0.129. The largest absolute Gasteiger partial charge is 0.486 e. The molecule has 3 aliphatic rings. The van der Waals surface area contributed by atoms with Crippen LogP contribution in [0.3, 0.4) is 0 Å². The number of ether oxygens (including phenoxy) is 2. The van der Waals surface area contributed by atoms with Crippen molar-refractivity contribution in [1.82, 2.24) is 4.98 Å². The van der Waals surface area contributed by atoms with Crippen LogP contribution in [0, 0.1) is 30.6 Å². The summed E-state index contributed by atoms with van der Waals surface area (Å²) in [6.45, 7) is 4.74. The molecule has 1 aromatic heterocycles. The molecular formula is C28H42FNO2. The van der Waals surface area contributed by atoms with Crippen LogP contribution in [0.4, 0.5) is 4.39 Å². The molecule has 4 heteroatoms. The standard InChI is InChI=1S/C28H42FNO2/c1-3-4-7-21-10-14-23(15-11-21)24-16-12-22(13-17-24)19-31-28-20(2)18-26(27(29)30-28)32-25-8-5-6-9-25/h12,18,21,23-25H,3-11,13-17,19H2,1-2H3. The van der Waals surface area contributed by atoms with Gasteiger partial charge in [0.05, 0.1) is 6.10 Å². The van der Waals surface area contributed by atoms with Crippen LogP contribution in [-0.2, 0) is 0 Å². The Kier molecular flexibility index (Phi) is 8.49. The number of aromatic nitrogens is 1. The Morgan fingerprint density at radius 3 is 2.50 bits per heavy atom. The molecule has 3 nitrogen and oxygen atoms in total. The monoisotopic (exact) mass is 443 g/mol. The van der Waals surface area contributed by atoms with Crippen molar-refractivity contribution in [2.24, 2.45) is 17.8 Å². The zero-order valence-electron chi connectivity index (χ0n) is 20.2. The van der Waals surface area contributed by atoms with Crippen LogP contribution in [0.25, 0.3) is 0 Å². The zero-order valence-corrected chi connectivity index (χ0v) is 20.2. The van der Waals surface area contributed by atoms with Gasteiger partial charge >= 0.3 is 0 Å². The number of allylic oxidation sites excluding steroid dienone is 1. The second-order valence-corrected chi connectivity index (χ2v) is 10.5. The molecule has 0 aromatic carbocycles. The Balaban J connectivity index is 1.23. The summed E-state index contributed by atoms with van der Waals surface area (Å²) in [7, 11) is 0. The first-order valence-corrected chi connectivity index (χ1v) is 13.3. The second kappa shape index (κ2) is 11.5. The van der Waals surface area contributed by atoms with E-state index in [1.165, 1.54) is 63.4 Å². The van der Waals surface area contributed by atoms with Crippen LogP contribution < -0.4 is 9.47 Å². The number of pyridine rings is 1. The molecule has 1 unspecified atom stereocenters. The maximum atomic E-state index is 14.5. The highest BCUT2D eigenvalue weighted by Gasteiger charge is 2.28. The van der Waals surface area contributed by atoms with Gasteiger partial charge in [0.1, 0.15) is 6.61 Å². The zero-order chi connectivity index (χ0) is 22.3. The molecule has 178 valence electrons. The van der Waals surface area contributed by atoms with Crippen molar-refractivity contribution in [3.63, 3.8) is 0 Å². The number of unbranched alkanes of at least 4 members (excludes halogenated alkanes) is 1. The summed E-state index contributed by atoms with van der Waals surface area (Å²) in [6, 6.07) is 1.75. The smallest absolute Gasteiger partial charge is 0.258 e. The Bertz CT molecular complexity index is 763. The summed E-state index contributed by atoms with van der Waals surface area (Å²) >= 11 is 0. The Labute approximate surface area is 194 Å². The van der Waals surface area contributed by atoms with Crippen molar-refractivity contribution < 1.29 is 13.9 Å². The fourth-order valence-electron chi connectivity index (χ4n) is 6.04. The summed E-state index contributed by atoms with van der Waals surface area (Å²) in [5, 5.41) is 0. The van der Waals surface area contributed by atoms with E-state index in [1.807, 2.05) is 6.92 Å². The molecule has 3 aliphatic carbocycles. The molecule has 2 saturated carbocycles. The maximum Gasteiger partial charge on any atom is 0.258 e. The van der Waals surface area contributed by atoms with E-state index in [0.717, 1.165) is 55.4 Å². The van der Waals surface area contributed by atoms with Gasteiger partial charge in [0.25, 0.3) is 5.95 Å². The van der Waals surface area contributed by atoms with E-state index < -0.39 is 5.95 Å². The molecule has 0 spiro atoms. The van der Waals surface area contributed by atoms with E-state index in [2.05, 4.69) is 18.0 Å². The number of aryl methyl sites for hydroxylation is 1. The molecule has 1 aromatic rings. The summed E-state index contributed by atoms with van der Waals surface area (Å²) in [5.74, 6) is 2.86. The first kappa shape index (κ1) is 23.6. The molecule has 2 fully saturated rings. The lowest BCUT2D eigenvalue weighted by Gasteiger charge is -2.35. The number of nitrogens with zero attached hydrogens (tertiary/aromatic N) is 1. The SMILES string of the molecule is CCCCC1CCC(C2CC=C(COc3nc(F)c(OC4CCCC4)cc3C)CC2)CC1. The van der Waals surface area contributed by atoms with Crippen LogP contribution in [0.15, 0.2) is 17.7 Å². The molecule has 0 aliphatic heterocycles. The minimum Gasteiger partial charge on any atom is -0.486 e. The van der Waals surface area contributed by atoms with Gasteiger partial charge in [-0.1, -0.05) is 45.1 Å². The van der Waals surface area contributed by atoms with Crippen LogP contribution >= 0.6 is 0 Å². The number of halogens is 1. The number of hydrogen-bond acceptors (Lipinski definition) is 3. The van der Waals surface area contributed by atoms with E-state index in [-0.39, 0.29) is 11.9 Å². The lowest BCUT2D eigenvalue weighted by Crippen LogP contribution is -2.24.